The molecule has 6 nitrogen and oxygen atoms in total. The van der Waals surface area contributed by atoms with Gasteiger partial charge in [-0.1, -0.05) is 32.9 Å². The topological polar surface area (TPSA) is 90.5 Å². The van der Waals surface area contributed by atoms with Crippen molar-refractivity contribution in [3.8, 4) is 0 Å². The molecule has 2 fully saturated rings. The van der Waals surface area contributed by atoms with Crippen molar-refractivity contribution >= 4 is 11.9 Å². The van der Waals surface area contributed by atoms with Gasteiger partial charge in [0.2, 0.25) is 5.91 Å². The van der Waals surface area contributed by atoms with Crippen molar-refractivity contribution in [2.75, 3.05) is 6.54 Å². The summed E-state index contributed by atoms with van der Waals surface area (Å²) < 4.78 is 13.1. The van der Waals surface area contributed by atoms with Crippen molar-refractivity contribution in [2.45, 2.75) is 72.1 Å². The van der Waals surface area contributed by atoms with E-state index in [0.29, 0.717) is 13.1 Å². The molecule has 7 atom stereocenters. The Bertz CT molecular complexity index is 802. The molecule has 0 spiro atoms. The van der Waals surface area contributed by atoms with E-state index in [-0.39, 0.29) is 52.9 Å². The van der Waals surface area contributed by atoms with Crippen LogP contribution in [-0.2, 0) is 11.3 Å². The zero-order valence-electron chi connectivity index (χ0n) is 19.7. The largest absolute Gasteiger partial charge is 0.392 e. The minimum Gasteiger partial charge on any atom is -0.392 e. The summed E-state index contributed by atoms with van der Waals surface area (Å²) in [5.74, 6) is -0.727. The summed E-state index contributed by atoms with van der Waals surface area (Å²) in [4.78, 5) is 25.0. The summed E-state index contributed by atoms with van der Waals surface area (Å²) in [7, 11) is 0. The normalized spacial score (nSPS) is 33.0. The molecule has 0 saturated heterocycles. The second-order valence-corrected chi connectivity index (χ2v) is 10.0. The minimum atomic E-state index is -0.603. The predicted octanol–water partition coefficient (Wildman–Crippen LogP) is 3.59. The lowest BCUT2D eigenvalue weighted by molar-refractivity contribution is -0.142. The molecular weight excluding hydrogens is 409 g/mol. The fourth-order valence-electron chi connectivity index (χ4n) is 6.02. The van der Waals surface area contributed by atoms with E-state index in [1.165, 1.54) is 12.1 Å². The maximum absolute atomic E-state index is 13.1. The summed E-state index contributed by atoms with van der Waals surface area (Å²) in [6.07, 6.45) is 3.02. The average Bonchev–Trinajstić information content (AvgIpc) is 2.75. The van der Waals surface area contributed by atoms with Crippen LogP contribution in [0.2, 0.25) is 0 Å². The predicted molar refractivity (Wildman–Crippen MR) is 122 cm³/mol. The highest BCUT2D eigenvalue weighted by molar-refractivity contribution is 5.78. The van der Waals surface area contributed by atoms with Gasteiger partial charge in [0.15, 0.2) is 0 Å². The van der Waals surface area contributed by atoms with Gasteiger partial charge in [-0.25, -0.2) is 9.18 Å². The standard InChI is InChI=1S/C25H38FN3O3/c1-5-27-24(32)29-20-11-13-25(4)12-10-19(22(30)21(25)16(20)3)15(2)23(31)28-14-17-6-8-18(26)9-7-17/h6-9,15-16,19-22,30H,5,10-14H2,1-4H3,(H,28,31)(H2,27,29,32)/t15-,16+,19-,20-,21+,22-,25-/m0/s1. The zero-order chi connectivity index (χ0) is 23.5. The molecule has 0 aliphatic heterocycles. The van der Waals surface area contributed by atoms with Gasteiger partial charge >= 0.3 is 6.03 Å². The van der Waals surface area contributed by atoms with E-state index >= 15 is 0 Å². The molecule has 2 aliphatic rings. The number of aliphatic hydroxyl groups is 1. The molecule has 2 saturated carbocycles. The monoisotopic (exact) mass is 447 g/mol. The van der Waals surface area contributed by atoms with Crippen molar-refractivity contribution in [1.82, 2.24) is 16.0 Å². The van der Waals surface area contributed by atoms with Crippen LogP contribution in [0.25, 0.3) is 0 Å². The molecule has 32 heavy (non-hydrogen) atoms. The van der Waals surface area contributed by atoms with Crippen molar-refractivity contribution in [2.24, 2.45) is 29.1 Å². The van der Waals surface area contributed by atoms with Crippen molar-refractivity contribution in [1.29, 1.82) is 0 Å². The summed E-state index contributed by atoms with van der Waals surface area (Å²) in [5, 5.41) is 20.3. The van der Waals surface area contributed by atoms with E-state index in [1.807, 2.05) is 13.8 Å². The third kappa shape index (κ3) is 5.25. The Morgan fingerprint density at radius 1 is 1.19 bits per heavy atom. The van der Waals surface area contributed by atoms with Crippen LogP contribution >= 0.6 is 0 Å². The second kappa shape index (κ2) is 10.2. The SMILES string of the molecule is CCNC(=O)N[C@H]1CC[C@]2(C)CC[C@@H]([C@H](C)C(=O)NCc3ccc(F)cc3)[C@H](O)[C@H]2[C@@H]1C. The van der Waals surface area contributed by atoms with Crippen LogP contribution in [0.4, 0.5) is 9.18 Å². The molecule has 0 aromatic heterocycles. The molecule has 3 rings (SSSR count). The van der Waals surface area contributed by atoms with Gasteiger partial charge in [-0.15, -0.1) is 0 Å². The number of benzene rings is 1. The van der Waals surface area contributed by atoms with E-state index < -0.39 is 6.10 Å². The Morgan fingerprint density at radius 3 is 2.50 bits per heavy atom. The number of rotatable bonds is 6. The van der Waals surface area contributed by atoms with Crippen LogP contribution in [0.5, 0.6) is 0 Å². The smallest absolute Gasteiger partial charge is 0.315 e. The number of hydrogen-bond donors (Lipinski definition) is 4. The number of hydrogen-bond acceptors (Lipinski definition) is 3. The maximum Gasteiger partial charge on any atom is 0.315 e. The molecule has 1 aromatic carbocycles. The van der Waals surface area contributed by atoms with Crippen LogP contribution < -0.4 is 16.0 Å². The Morgan fingerprint density at radius 2 is 1.84 bits per heavy atom. The number of fused-ring (bicyclic) bond motifs is 1. The highest BCUT2D eigenvalue weighted by Crippen LogP contribution is 2.55. The highest BCUT2D eigenvalue weighted by Gasteiger charge is 2.53. The lowest BCUT2D eigenvalue weighted by Crippen LogP contribution is -2.59. The summed E-state index contributed by atoms with van der Waals surface area (Å²) in [6.45, 7) is 9.04. The molecule has 3 amide bonds. The number of halogens is 1. The van der Waals surface area contributed by atoms with Gasteiger partial charge in [0.1, 0.15) is 5.82 Å². The van der Waals surface area contributed by atoms with Crippen LogP contribution in [0.3, 0.4) is 0 Å². The first kappa shape index (κ1) is 24.5. The van der Waals surface area contributed by atoms with E-state index in [1.54, 1.807) is 12.1 Å². The summed E-state index contributed by atoms with van der Waals surface area (Å²) >= 11 is 0. The lowest BCUT2D eigenvalue weighted by Gasteiger charge is -2.56. The molecule has 0 bridgehead atoms. The quantitative estimate of drug-likeness (QED) is 0.537. The first-order valence-electron chi connectivity index (χ1n) is 11.9. The summed E-state index contributed by atoms with van der Waals surface area (Å²) in [5.41, 5.74) is 0.850. The van der Waals surface area contributed by atoms with Gasteiger partial charge in [-0.2, -0.15) is 0 Å². The number of nitrogens with one attached hydrogen (secondary N) is 3. The molecule has 178 valence electrons. The Hall–Kier alpha value is -2.15. The molecule has 0 unspecified atom stereocenters. The van der Waals surface area contributed by atoms with Gasteiger partial charge in [-0.05, 0) is 73.5 Å². The van der Waals surface area contributed by atoms with E-state index in [4.69, 9.17) is 0 Å². The van der Waals surface area contributed by atoms with E-state index in [0.717, 1.165) is 31.2 Å². The third-order valence-corrected chi connectivity index (χ3v) is 7.98. The molecule has 0 radical (unpaired) electrons. The van der Waals surface area contributed by atoms with Crippen LogP contribution in [-0.4, -0.2) is 35.7 Å². The molecular formula is C25H38FN3O3. The first-order chi connectivity index (χ1) is 15.2. The van der Waals surface area contributed by atoms with Crippen molar-refractivity contribution in [3.63, 3.8) is 0 Å². The molecule has 1 aromatic rings. The minimum absolute atomic E-state index is 0.00985. The fraction of sp³-hybridized carbons (Fsp3) is 0.680. The van der Waals surface area contributed by atoms with Gasteiger partial charge in [-0.3, -0.25) is 4.79 Å². The Labute approximate surface area is 190 Å². The second-order valence-electron chi connectivity index (χ2n) is 10.0. The Balaban J connectivity index is 1.65. The Kier molecular flexibility index (Phi) is 7.80. The number of aliphatic hydroxyl groups excluding tert-OH is 1. The van der Waals surface area contributed by atoms with Crippen LogP contribution in [0, 0.1) is 34.9 Å². The van der Waals surface area contributed by atoms with E-state index in [9.17, 15) is 19.1 Å². The van der Waals surface area contributed by atoms with Crippen molar-refractivity contribution < 1.29 is 19.1 Å². The lowest BCUT2D eigenvalue weighted by atomic mass is 9.52. The molecule has 7 heteroatoms. The first-order valence-corrected chi connectivity index (χ1v) is 11.9. The molecule has 4 N–H and O–H groups in total. The number of carbonyl (C=O) groups is 2. The fourth-order valence-corrected chi connectivity index (χ4v) is 6.02. The molecule has 2 aliphatic carbocycles. The molecule has 0 heterocycles. The van der Waals surface area contributed by atoms with E-state index in [2.05, 4.69) is 29.8 Å². The zero-order valence-corrected chi connectivity index (χ0v) is 19.7. The average molecular weight is 448 g/mol. The number of carbonyl (C=O) groups excluding carboxylic acids is 2. The van der Waals surface area contributed by atoms with Gasteiger partial charge in [0.25, 0.3) is 0 Å². The number of urea groups is 1. The highest BCUT2D eigenvalue weighted by atomic mass is 19.1. The van der Waals surface area contributed by atoms with Gasteiger partial charge < -0.3 is 21.1 Å². The summed E-state index contributed by atoms with van der Waals surface area (Å²) in [6, 6.07) is 5.93. The maximum atomic E-state index is 13.1. The third-order valence-electron chi connectivity index (χ3n) is 7.98. The number of amides is 3. The van der Waals surface area contributed by atoms with Crippen LogP contribution in [0.15, 0.2) is 24.3 Å². The van der Waals surface area contributed by atoms with Gasteiger partial charge in [0.05, 0.1) is 6.10 Å². The van der Waals surface area contributed by atoms with Crippen molar-refractivity contribution in [3.05, 3.63) is 35.6 Å². The van der Waals surface area contributed by atoms with Crippen LogP contribution in [0.1, 0.15) is 58.9 Å². The van der Waals surface area contributed by atoms with Gasteiger partial charge in [0, 0.05) is 25.0 Å².